The number of rotatable bonds is 1. The lowest BCUT2D eigenvalue weighted by Crippen LogP contribution is -2.25. The number of amides is 1. The number of halogens is 1. The highest BCUT2D eigenvalue weighted by molar-refractivity contribution is 6.15. The fourth-order valence-corrected chi connectivity index (χ4v) is 1.60. The quantitative estimate of drug-likeness (QED) is 0.661. The van der Waals surface area contributed by atoms with Crippen LogP contribution in [-0.4, -0.2) is 18.2 Å². The van der Waals surface area contributed by atoms with E-state index >= 15 is 0 Å². The molecule has 1 amide bonds. The summed E-state index contributed by atoms with van der Waals surface area (Å²) in [6.45, 7) is -0.0956. The second-order valence-corrected chi connectivity index (χ2v) is 3.47. The van der Waals surface area contributed by atoms with Gasteiger partial charge in [-0.2, -0.15) is 5.26 Å². The van der Waals surface area contributed by atoms with Crippen LogP contribution >= 0.6 is 0 Å². The molecule has 2 rings (SSSR count). The van der Waals surface area contributed by atoms with Crippen LogP contribution in [0, 0.1) is 17.1 Å². The summed E-state index contributed by atoms with van der Waals surface area (Å²) in [6.07, 6.45) is -0.181. The first-order valence-electron chi connectivity index (χ1n) is 4.63. The molecule has 1 aliphatic rings. The van der Waals surface area contributed by atoms with E-state index in [4.69, 9.17) is 5.26 Å². The van der Waals surface area contributed by atoms with Gasteiger partial charge in [0.2, 0.25) is 5.91 Å². The van der Waals surface area contributed by atoms with Crippen molar-refractivity contribution in [1.29, 1.82) is 5.26 Å². The molecule has 0 aliphatic carbocycles. The minimum Gasteiger partial charge on any atom is -0.302 e. The summed E-state index contributed by atoms with van der Waals surface area (Å²) in [5, 5.41) is 8.56. The first-order chi connectivity index (χ1) is 7.61. The van der Waals surface area contributed by atoms with Gasteiger partial charge < -0.3 is 4.90 Å². The Balaban J connectivity index is 2.39. The van der Waals surface area contributed by atoms with Crippen molar-refractivity contribution in [3.63, 3.8) is 0 Å². The smallest absolute Gasteiger partial charge is 0.235 e. The molecule has 16 heavy (non-hydrogen) atoms. The van der Waals surface area contributed by atoms with Gasteiger partial charge >= 0.3 is 0 Å². The van der Waals surface area contributed by atoms with Gasteiger partial charge in [-0.15, -0.1) is 0 Å². The van der Waals surface area contributed by atoms with Gasteiger partial charge in [0, 0.05) is 0 Å². The SMILES string of the molecule is N#Cc1ccc(N2CC(=O)CC2=O)c(F)c1. The fraction of sp³-hybridized carbons (Fsp3) is 0.182. The molecule has 80 valence electrons. The van der Waals surface area contributed by atoms with E-state index in [0.717, 1.165) is 11.0 Å². The maximum absolute atomic E-state index is 13.5. The third kappa shape index (κ3) is 1.65. The molecule has 0 unspecified atom stereocenters. The molecular weight excluding hydrogens is 211 g/mol. The number of hydrogen-bond donors (Lipinski definition) is 0. The second-order valence-electron chi connectivity index (χ2n) is 3.47. The molecule has 0 N–H and O–H groups in total. The van der Waals surface area contributed by atoms with Gasteiger partial charge in [0.1, 0.15) is 5.82 Å². The molecule has 1 aromatic carbocycles. The summed E-state index contributed by atoms with van der Waals surface area (Å²) in [5.74, 6) is -1.30. The lowest BCUT2D eigenvalue weighted by Gasteiger charge is -2.15. The predicted molar refractivity (Wildman–Crippen MR) is 53.1 cm³/mol. The Labute approximate surface area is 90.9 Å². The molecule has 4 nitrogen and oxygen atoms in total. The molecule has 1 fully saturated rings. The molecule has 0 spiro atoms. The molecule has 1 aliphatic heterocycles. The average Bonchev–Trinajstić information content (AvgIpc) is 2.57. The van der Waals surface area contributed by atoms with Crippen molar-refractivity contribution in [3.8, 4) is 6.07 Å². The van der Waals surface area contributed by atoms with E-state index in [2.05, 4.69) is 0 Å². The lowest BCUT2D eigenvalue weighted by molar-refractivity contribution is -0.121. The van der Waals surface area contributed by atoms with Crippen LogP contribution in [0.1, 0.15) is 12.0 Å². The van der Waals surface area contributed by atoms with Gasteiger partial charge in [-0.1, -0.05) is 0 Å². The molecule has 0 radical (unpaired) electrons. The van der Waals surface area contributed by atoms with Gasteiger partial charge in [0.15, 0.2) is 5.78 Å². The molecule has 0 atom stereocenters. The van der Waals surface area contributed by atoms with Crippen LogP contribution in [0.25, 0.3) is 0 Å². The van der Waals surface area contributed by atoms with Crippen LogP contribution in [-0.2, 0) is 9.59 Å². The van der Waals surface area contributed by atoms with Crippen LogP contribution in [0.5, 0.6) is 0 Å². The van der Waals surface area contributed by atoms with Crippen molar-refractivity contribution in [1.82, 2.24) is 0 Å². The number of nitriles is 1. The highest BCUT2D eigenvalue weighted by Crippen LogP contribution is 2.23. The molecular formula is C11H7FN2O2. The molecule has 1 heterocycles. The number of anilines is 1. The Kier molecular flexibility index (Phi) is 2.41. The number of nitrogens with zero attached hydrogens (tertiary/aromatic N) is 2. The Morgan fingerprint density at radius 1 is 1.38 bits per heavy atom. The van der Waals surface area contributed by atoms with Gasteiger partial charge in [-0.3, -0.25) is 9.59 Å². The van der Waals surface area contributed by atoms with Crippen molar-refractivity contribution < 1.29 is 14.0 Å². The van der Waals surface area contributed by atoms with Crippen LogP contribution in [0.2, 0.25) is 0 Å². The summed E-state index contributed by atoms with van der Waals surface area (Å²) < 4.78 is 13.5. The maximum atomic E-state index is 13.5. The van der Waals surface area contributed by atoms with Crippen molar-refractivity contribution in [2.75, 3.05) is 11.4 Å². The van der Waals surface area contributed by atoms with Crippen LogP contribution < -0.4 is 4.90 Å². The summed E-state index contributed by atoms with van der Waals surface area (Å²) in [7, 11) is 0. The van der Waals surface area contributed by atoms with E-state index in [9.17, 15) is 14.0 Å². The van der Waals surface area contributed by atoms with Crippen LogP contribution in [0.4, 0.5) is 10.1 Å². The Bertz CT molecular complexity index is 519. The highest BCUT2D eigenvalue weighted by atomic mass is 19.1. The minimum atomic E-state index is -0.665. The minimum absolute atomic E-state index is 0.0508. The molecule has 1 saturated heterocycles. The predicted octanol–water partition coefficient (Wildman–Crippen LogP) is 1.00. The Morgan fingerprint density at radius 2 is 2.12 bits per heavy atom. The van der Waals surface area contributed by atoms with E-state index < -0.39 is 11.7 Å². The molecule has 5 heteroatoms. The zero-order valence-corrected chi connectivity index (χ0v) is 8.24. The monoisotopic (exact) mass is 218 g/mol. The summed E-state index contributed by atoms with van der Waals surface area (Å²) >= 11 is 0. The molecule has 0 aromatic heterocycles. The summed E-state index contributed by atoms with van der Waals surface area (Å²) in [6, 6.07) is 5.59. The fourth-order valence-electron chi connectivity index (χ4n) is 1.60. The first kappa shape index (κ1) is 10.3. The van der Waals surface area contributed by atoms with Crippen molar-refractivity contribution in [2.45, 2.75) is 6.42 Å². The second kappa shape index (κ2) is 3.74. The number of carbonyl (C=O) groups excluding carboxylic acids is 2. The van der Waals surface area contributed by atoms with E-state index in [0.29, 0.717) is 0 Å². The van der Waals surface area contributed by atoms with Crippen LogP contribution in [0.15, 0.2) is 18.2 Å². The van der Waals surface area contributed by atoms with Crippen LogP contribution in [0.3, 0.4) is 0 Å². The summed E-state index contributed by atoms with van der Waals surface area (Å²) in [4.78, 5) is 23.5. The van der Waals surface area contributed by atoms with Gasteiger partial charge in [0.25, 0.3) is 0 Å². The Morgan fingerprint density at radius 3 is 2.62 bits per heavy atom. The largest absolute Gasteiger partial charge is 0.302 e. The van der Waals surface area contributed by atoms with E-state index in [-0.39, 0.29) is 30.0 Å². The van der Waals surface area contributed by atoms with Gasteiger partial charge in [-0.25, -0.2) is 4.39 Å². The number of hydrogen-bond acceptors (Lipinski definition) is 3. The topological polar surface area (TPSA) is 61.2 Å². The van der Waals surface area contributed by atoms with E-state index in [1.54, 1.807) is 6.07 Å². The van der Waals surface area contributed by atoms with Gasteiger partial charge in [-0.05, 0) is 18.2 Å². The van der Waals surface area contributed by atoms with Crippen molar-refractivity contribution in [3.05, 3.63) is 29.6 Å². The maximum Gasteiger partial charge on any atom is 0.235 e. The number of Topliss-reactive ketones (excluding diaryl/α,β-unsaturated/α-hetero) is 1. The average molecular weight is 218 g/mol. The number of benzene rings is 1. The number of carbonyl (C=O) groups is 2. The molecule has 1 aromatic rings. The lowest BCUT2D eigenvalue weighted by atomic mass is 10.2. The van der Waals surface area contributed by atoms with Gasteiger partial charge in [0.05, 0.1) is 30.3 Å². The molecule has 0 bridgehead atoms. The van der Waals surface area contributed by atoms with Crippen molar-refractivity contribution >= 4 is 17.4 Å². The highest BCUT2D eigenvalue weighted by Gasteiger charge is 2.30. The zero-order valence-electron chi connectivity index (χ0n) is 8.24. The van der Waals surface area contributed by atoms with E-state index in [1.165, 1.54) is 12.1 Å². The normalized spacial score (nSPS) is 15.4. The molecule has 0 saturated carbocycles. The third-order valence-corrected chi connectivity index (χ3v) is 2.35. The Hall–Kier alpha value is -2.22. The number of ketones is 1. The van der Waals surface area contributed by atoms with Crippen molar-refractivity contribution in [2.24, 2.45) is 0 Å². The standard InChI is InChI=1S/C11H7FN2O2/c12-9-3-7(5-13)1-2-10(9)14-6-8(15)4-11(14)16/h1-3H,4,6H2. The van der Waals surface area contributed by atoms with E-state index in [1.807, 2.05) is 0 Å². The summed E-state index contributed by atoms with van der Waals surface area (Å²) in [5.41, 5.74) is 0.231. The zero-order chi connectivity index (χ0) is 11.7. The first-order valence-corrected chi connectivity index (χ1v) is 4.63. The third-order valence-electron chi connectivity index (χ3n) is 2.35.